The highest BCUT2D eigenvalue weighted by molar-refractivity contribution is 6.31. The van der Waals surface area contributed by atoms with E-state index < -0.39 is 5.82 Å². The van der Waals surface area contributed by atoms with E-state index in [1.807, 2.05) is 6.92 Å². The molecule has 0 atom stereocenters. The lowest BCUT2D eigenvalue weighted by molar-refractivity contribution is 0.252. The first kappa shape index (κ1) is 12.8. The van der Waals surface area contributed by atoms with Crippen LogP contribution >= 0.6 is 11.6 Å². The molecule has 0 aliphatic rings. The third-order valence-corrected chi connectivity index (χ3v) is 2.28. The number of anilines is 1. The van der Waals surface area contributed by atoms with Crippen molar-refractivity contribution in [2.24, 2.45) is 0 Å². The van der Waals surface area contributed by atoms with Crippen molar-refractivity contribution in [2.45, 2.75) is 19.8 Å². The summed E-state index contributed by atoms with van der Waals surface area (Å²) in [7, 11) is 0. The van der Waals surface area contributed by atoms with Crippen molar-refractivity contribution >= 4 is 23.3 Å². The van der Waals surface area contributed by atoms with E-state index in [2.05, 4.69) is 10.6 Å². The summed E-state index contributed by atoms with van der Waals surface area (Å²) < 4.78 is 12.8. The Morgan fingerprint density at radius 2 is 2.25 bits per heavy atom. The maximum Gasteiger partial charge on any atom is 0.319 e. The summed E-state index contributed by atoms with van der Waals surface area (Å²) >= 11 is 5.58. The average molecular weight is 245 g/mol. The molecule has 5 heteroatoms. The molecule has 88 valence electrons. The van der Waals surface area contributed by atoms with Gasteiger partial charge in [0.25, 0.3) is 0 Å². The minimum atomic E-state index is -0.501. The van der Waals surface area contributed by atoms with Crippen LogP contribution < -0.4 is 10.6 Å². The van der Waals surface area contributed by atoms with Crippen LogP contribution in [-0.2, 0) is 0 Å². The third-order valence-electron chi connectivity index (χ3n) is 1.99. The predicted molar refractivity (Wildman–Crippen MR) is 63.3 cm³/mol. The normalized spacial score (nSPS) is 9.94. The largest absolute Gasteiger partial charge is 0.338 e. The van der Waals surface area contributed by atoms with Crippen LogP contribution in [0.3, 0.4) is 0 Å². The van der Waals surface area contributed by atoms with Gasteiger partial charge in [0, 0.05) is 12.2 Å². The van der Waals surface area contributed by atoms with E-state index in [1.54, 1.807) is 0 Å². The number of amides is 2. The Bertz CT molecular complexity index is 371. The van der Waals surface area contributed by atoms with Crippen LogP contribution in [0.25, 0.3) is 0 Å². The minimum Gasteiger partial charge on any atom is -0.338 e. The van der Waals surface area contributed by atoms with Crippen LogP contribution in [0.2, 0.25) is 5.02 Å². The van der Waals surface area contributed by atoms with Crippen molar-refractivity contribution in [2.75, 3.05) is 11.9 Å². The van der Waals surface area contributed by atoms with Crippen molar-refractivity contribution in [1.82, 2.24) is 5.32 Å². The number of urea groups is 1. The zero-order valence-corrected chi connectivity index (χ0v) is 9.77. The van der Waals surface area contributed by atoms with Gasteiger partial charge in [0.05, 0.1) is 5.02 Å². The maximum absolute atomic E-state index is 12.8. The molecule has 0 radical (unpaired) electrons. The molecule has 1 aromatic carbocycles. The topological polar surface area (TPSA) is 41.1 Å². The highest BCUT2D eigenvalue weighted by Gasteiger charge is 2.03. The Hall–Kier alpha value is -1.29. The lowest BCUT2D eigenvalue weighted by atomic mass is 10.3. The molecule has 0 heterocycles. The second-order valence-corrected chi connectivity index (χ2v) is 3.77. The van der Waals surface area contributed by atoms with Crippen LogP contribution in [0.1, 0.15) is 19.8 Å². The van der Waals surface area contributed by atoms with E-state index in [1.165, 1.54) is 18.2 Å². The van der Waals surface area contributed by atoms with Crippen LogP contribution in [-0.4, -0.2) is 12.6 Å². The number of nitrogens with one attached hydrogen (secondary N) is 2. The van der Waals surface area contributed by atoms with Crippen LogP contribution in [0.4, 0.5) is 14.9 Å². The lowest BCUT2D eigenvalue weighted by Gasteiger charge is -2.07. The molecule has 1 rings (SSSR count). The molecule has 0 aliphatic heterocycles. The number of halogens is 2. The zero-order chi connectivity index (χ0) is 12.0. The Morgan fingerprint density at radius 3 is 2.88 bits per heavy atom. The fourth-order valence-electron chi connectivity index (χ4n) is 1.13. The average Bonchev–Trinajstić information content (AvgIpc) is 2.24. The van der Waals surface area contributed by atoms with E-state index >= 15 is 0 Å². The molecule has 0 saturated carbocycles. The van der Waals surface area contributed by atoms with E-state index in [0.29, 0.717) is 12.2 Å². The summed E-state index contributed by atoms with van der Waals surface area (Å²) in [4.78, 5) is 11.3. The summed E-state index contributed by atoms with van der Waals surface area (Å²) in [6.45, 7) is 2.66. The van der Waals surface area contributed by atoms with Crippen LogP contribution in [0.5, 0.6) is 0 Å². The van der Waals surface area contributed by atoms with Crippen molar-refractivity contribution in [3.63, 3.8) is 0 Å². The van der Waals surface area contributed by atoms with Crippen LogP contribution in [0, 0.1) is 5.82 Å². The second kappa shape index (κ2) is 6.33. The second-order valence-electron chi connectivity index (χ2n) is 3.36. The number of benzene rings is 1. The van der Waals surface area contributed by atoms with Gasteiger partial charge in [-0.3, -0.25) is 0 Å². The minimum absolute atomic E-state index is 0.00800. The monoisotopic (exact) mass is 244 g/mol. The quantitative estimate of drug-likeness (QED) is 0.783. The van der Waals surface area contributed by atoms with Crippen LogP contribution in [0.15, 0.2) is 18.2 Å². The zero-order valence-electron chi connectivity index (χ0n) is 9.02. The molecule has 0 bridgehead atoms. The molecule has 2 N–H and O–H groups in total. The van der Waals surface area contributed by atoms with Gasteiger partial charge in [-0.05, 0) is 24.6 Å². The van der Waals surface area contributed by atoms with Gasteiger partial charge in [-0.15, -0.1) is 0 Å². The molecule has 0 spiro atoms. The summed E-state index contributed by atoms with van der Waals surface area (Å²) in [5.41, 5.74) is 0.473. The molecule has 1 aromatic rings. The van der Waals surface area contributed by atoms with Crippen molar-refractivity contribution < 1.29 is 9.18 Å². The van der Waals surface area contributed by atoms with Crippen molar-refractivity contribution in [1.29, 1.82) is 0 Å². The van der Waals surface area contributed by atoms with E-state index in [4.69, 9.17) is 11.6 Å². The van der Waals surface area contributed by atoms with Gasteiger partial charge in [0.15, 0.2) is 0 Å². The van der Waals surface area contributed by atoms with Gasteiger partial charge in [-0.25, -0.2) is 9.18 Å². The molecule has 16 heavy (non-hydrogen) atoms. The van der Waals surface area contributed by atoms with E-state index in [-0.39, 0.29) is 11.1 Å². The fraction of sp³-hybridized carbons (Fsp3) is 0.364. The number of carbonyl (C=O) groups excluding carboxylic acids is 1. The van der Waals surface area contributed by atoms with E-state index in [0.717, 1.165) is 12.8 Å². The molecular weight excluding hydrogens is 231 g/mol. The summed E-state index contributed by atoms with van der Waals surface area (Å²) in [6.07, 6.45) is 1.94. The van der Waals surface area contributed by atoms with Gasteiger partial charge in [0.1, 0.15) is 5.82 Å². The molecular formula is C11H14ClFN2O. The Balaban J connectivity index is 2.46. The van der Waals surface area contributed by atoms with Crippen molar-refractivity contribution in [3.05, 3.63) is 29.0 Å². The van der Waals surface area contributed by atoms with Gasteiger partial charge < -0.3 is 10.6 Å². The number of rotatable bonds is 4. The van der Waals surface area contributed by atoms with Gasteiger partial charge in [0.2, 0.25) is 0 Å². The first-order valence-corrected chi connectivity index (χ1v) is 5.51. The molecule has 2 amide bonds. The first-order chi connectivity index (χ1) is 7.63. The molecule has 0 unspecified atom stereocenters. The third kappa shape index (κ3) is 4.06. The number of hydrogen-bond acceptors (Lipinski definition) is 1. The summed E-state index contributed by atoms with van der Waals surface area (Å²) in [5, 5.41) is 5.24. The highest BCUT2D eigenvalue weighted by Crippen LogP contribution is 2.19. The molecule has 0 aromatic heterocycles. The Morgan fingerprint density at radius 1 is 1.50 bits per heavy atom. The van der Waals surface area contributed by atoms with E-state index in [9.17, 15) is 9.18 Å². The molecule has 0 fully saturated rings. The SMILES string of the molecule is CCCCNC(=O)Nc1ccc(F)c(Cl)c1. The molecule has 0 saturated heterocycles. The van der Waals surface area contributed by atoms with Crippen molar-refractivity contribution in [3.8, 4) is 0 Å². The Kier molecular flexibility index (Phi) is 5.05. The molecule has 0 aliphatic carbocycles. The maximum atomic E-state index is 12.8. The van der Waals surface area contributed by atoms with Gasteiger partial charge >= 0.3 is 6.03 Å². The first-order valence-electron chi connectivity index (χ1n) is 5.13. The van der Waals surface area contributed by atoms with Gasteiger partial charge in [-0.2, -0.15) is 0 Å². The number of carbonyl (C=O) groups is 1. The predicted octanol–water partition coefficient (Wildman–Crippen LogP) is 3.40. The fourth-order valence-corrected chi connectivity index (χ4v) is 1.31. The standard InChI is InChI=1S/C11H14ClFN2O/c1-2-3-6-14-11(16)15-8-4-5-10(13)9(12)7-8/h4-5,7H,2-3,6H2,1H3,(H2,14,15,16). The Labute approximate surface area is 99.0 Å². The smallest absolute Gasteiger partial charge is 0.319 e. The highest BCUT2D eigenvalue weighted by atomic mass is 35.5. The summed E-state index contributed by atoms with van der Waals surface area (Å²) in [5.74, 6) is -0.501. The molecule has 3 nitrogen and oxygen atoms in total. The summed E-state index contributed by atoms with van der Waals surface area (Å²) in [6, 6.07) is 3.73. The van der Waals surface area contributed by atoms with Gasteiger partial charge in [-0.1, -0.05) is 24.9 Å². The number of unbranched alkanes of at least 4 members (excludes halogenated alkanes) is 1. The number of hydrogen-bond donors (Lipinski definition) is 2. The lowest BCUT2D eigenvalue weighted by Crippen LogP contribution is -2.29.